The predicted molar refractivity (Wildman–Crippen MR) is 54.3 cm³/mol. The van der Waals surface area contributed by atoms with Gasteiger partial charge in [0.25, 0.3) is 0 Å². The van der Waals surface area contributed by atoms with Gasteiger partial charge >= 0.3 is 0 Å². The Morgan fingerprint density at radius 2 is 1.75 bits per heavy atom. The van der Waals surface area contributed by atoms with E-state index in [2.05, 4.69) is 9.98 Å². The van der Waals surface area contributed by atoms with Crippen LogP contribution in [0.2, 0.25) is 0 Å². The van der Waals surface area contributed by atoms with E-state index in [1.54, 1.807) is 0 Å². The summed E-state index contributed by atoms with van der Waals surface area (Å²) in [6.07, 6.45) is 0. The zero-order valence-corrected chi connectivity index (χ0v) is 8.87. The van der Waals surface area contributed by atoms with Crippen LogP contribution in [-0.4, -0.2) is 10.5 Å². The fraction of sp³-hybridized carbons (Fsp3) is 0.429. The molecule has 1 unspecified atom stereocenters. The van der Waals surface area contributed by atoms with Gasteiger partial charge < -0.3 is 0 Å². The summed E-state index contributed by atoms with van der Waals surface area (Å²) in [6, 6.07) is 0. The average molecular weight is 226 g/mol. The summed E-state index contributed by atoms with van der Waals surface area (Å²) < 4.78 is 0. The summed E-state index contributed by atoms with van der Waals surface area (Å²) in [5.74, 6) is -0.0147. The molecule has 0 aromatic rings. The number of hydrogen-bond acceptors (Lipinski definition) is 2. The van der Waals surface area contributed by atoms with Crippen molar-refractivity contribution in [1.29, 1.82) is 0 Å². The Kier molecular flexibility index (Phi) is 3.16. The maximum atomic E-state index is 5.82. The highest BCUT2D eigenvalue weighted by Crippen LogP contribution is 2.25. The Bertz CT molecular complexity index is 291. The van der Waals surface area contributed by atoms with Crippen LogP contribution in [0.1, 0.15) is 13.8 Å². The lowest BCUT2D eigenvalue weighted by molar-refractivity contribution is 0.922. The molecule has 0 fully saturated rings. The molecule has 66 valence electrons. The third kappa shape index (κ3) is 2.00. The summed E-state index contributed by atoms with van der Waals surface area (Å²) in [5, 5.41) is 0.859. The first kappa shape index (κ1) is 10.0. The van der Waals surface area contributed by atoms with Gasteiger partial charge in [-0.3, -0.25) is 0 Å². The number of hydrogen-bond donors (Lipinski definition) is 0. The Morgan fingerprint density at radius 1 is 1.17 bits per heavy atom. The first-order chi connectivity index (χ1) is 5.52. The van der Waals surface area contributed by atoms with Crippen molar-refractivity contribution in [2.75, 3.05) is 0 Å². The molecule has 0 radical (unpaired) electrons. The minimum absolute atomic E-state index is 0.0147. The van der Waals surface area contributed by atoms with Crippen molar-refractivity contribution < 1.29 is 0 Å². The molecule has 0 aromatic carbocycles. The molecule has 1 aliphatic rings. The van der Waals surface area contributed by atoms with Crippen LogP contribution in [0.15, 0.2) is 20.7 Å². The molecule has 1 atom stereocenters. The largest absolute Gasteiger partial charge is 0.224 e. The van der Waals surface area contributed by atoms with E-state index in [-0.39, 0.29) is 11.2 Å². The molecule has 0 bridgehead atoms. The van der Waals surface area contributed by atoms with Crippen LogP contribution < -0.4 is 0 Å². The van der Waals surface area contributed by atoms with E-state index < -0.39 is 0 Å². The molecule has 1 aliphatic heterocycles. The van der Waals surface area contributed by atoms with Crippen molar-refractivity contribution in [3.05, 3.63) is 10.7 Å². The fourth-order valence-electron chi connectivity index (χ4n) is 0.736. The number of halogens is 3. The molecular weight excluding hydrogens is 218 g/mol. The molecule has 0 aliphatic carbocycles. The van der Waals surface area contributed by atoms with Gasteiger partial charge in [0.15, 0.2) is 0 Å². The van der Waals surface area contributed by atoms with E-state index in [0.717, 1.165) is 5.57 Å². The second-order valence-electron chi connectivity index (χ2n) is 2.51. The monoisotopic (exact) mass is 224 g/mol. The maximum Gasteiger partial charge on any atom is 0.224 e. The Balaban J connectivity index is 3.16. The normalized spacial score (nSPS) is 24.9. The summed E-state index contributed by atoms with van der Waals surface area (Å²) in [7, 11) is 0. The van der Waals surface area contributed by atoms with Crippen molar-refractivity contribution in [3.8, 4) is 0 Å². The van der Waals surface area contributed by atoms with Gasteiger partial charge in [-0.05, 0) is 24.1 Å². The van der Waals surface area contributed by atoms with Crippen LogP contribution in [0.3, 0.4) is 0 Å². The van der Waals surface area contributed by atoms with Crippen molar-refractivity contribution >= 4 is 45.3 Å². The second-order valence-corrected chi connectivity index (χ2v) is 3.59. The van der Waals surface area contributed by atoms with Crippen LogP contribution in [-0.2, 0) is 0 Å². The minimum atomic E-state index is -0.0147. The molecule has 2 nitrogen and oxygen atoms in total. The number of allylic oxidation sites excluding steroid dienone is 1. The molecule has 5 heteroatoms. The zero-order valence-electron chi connectivity index (χ0n) is 6.61. The van der Waals surface area contributed by atoms with E-state index in [9.17, 15) is 0 Å². The fourth-order valence-corrected chi connectivity index (χ4v) is 1.49. The summed E-state index contributed by atoms with van der Waals surface area (Å²) >= 11 is 17.2. The third-order valence-corrected chi connectivity index (χ3v) is 2.69. The van der Waals surface area contributed by atoms with Gasteiger partial charge in [0.2, 0.25) is 5.29 Å². The van der Waals surface area contributed by atoms with E-state index >= 15 is 0 Å². The molecule has 0 aromatic heterocycles. The molecule has 0 spiro atoms. The van der Waals surface area contributed by atoms with E-state index in [1.165, 1.54) is 0 Å². The summed E-state index contributed by atoms with van der Waals surface area (Å²) in [5.41, 5.74) is 0.876. The standard InChI is InChI=1S/C7H7Cl3N2/c1-3-4(2)6(9)12-7(10)11-5(3)8/h3H,1-2H3. The average Bonchev–Trinajstić information content (AvgIpc) is 2.05. The maximum absolute atomic E-state index is 5.82. The summed E-state index contributed by atoms with van der Waals surface area (Å²) in [6.45, 7) is 3.75. The Labute approximate surface area is 85.9 Å². The van der Waals surface area contributed by atoms with Crippen molar-refractivity contribution in [2.24, 2.45) is 15.9 Å². The quantitative estimate of drug-likeness (QED) is 0.565. The van der Waals surface area contributed by atoms with Crippen molar-refractivity contribution in [2.45, 2.75) is 13.8 Å². The first-order valence-corrected chi connectivity index (χ1v) is 4.50. The second kappa shape index (κ2) is 3.77. The highest BCUT2D eigenvalue weighted by Gasteiger charge is 2.17. The van der Waals surface area contributed by atoms with Gasteiger partial charge in [0, 0.05) is 5.92 Å². The molecule has 0 amide bonds. The number of nitrogens with zero attached hydrogens (tertiary/aromatic N) is 2. The SMILES string of the molecule is CC1=C(Cl)N=C(Cl)N=C(Cl)C1C. The molecule has 0 saturated carbocycles. The van der Waals surface area contributed by atoms with E-state index in [1.807, 2.05) is 13.8 Å². The number of rotatable bonds is 0. The highest BCUT2D eigenvalue weighted by molar-refractivity contribution is 6.72. The van der Waals surface area contributed by atoms with Crippen LogP contribution >= 0.6 is 34.8 Å². The van der Waals surface area contributed by atoms with Crippen molar-refractivity contribution in [1.82, 2.24) is 0 Å². The van der Waals surface area contributed by atoms with Gasteiger partial charge in [-0.2, -0.15) is 0 Å². The Hall–Kier alpha value is -0.0500. The topological polar surface area (TPSA) is 24.7 Å². The zero-order chi connectivity index (χ0) is 9.30. The highest BCUT2D eigenvalue weighted by atomic mass is 35.5. The van der Waals surface area contributed by atoms with Gasteiger partial charge in [-0.1, -0.05) is 30.1 Å². The van der Waals surface area contributed by atoms with Gasteiger partial charge in [0.05, 0.1) is 0 Å². The summed E-state index contributed by atoms with van der Waals surface area (Å²) in [4.78, 5) is 7.64. The van der Waals surface area contributed by atoms with Crippen LogP contribution in [0, 0.1) is 5.92 Å². The van der Waals surface area contributed by atoms with Crippen LogP contribution in [0.4, 0.5) is 0 Å². The van der Waals surface area contributed by atoms with Crippen LogP contribution in [0.25, 0.3) is 0 Å². The molecule has 0 N–H and O–H groups in total. The van der Waals surface area contributed by atoms with Crippen molar-refractivity contribution in [3.63, 3.8) is 0 Å². The molecule has 0 saturated heterocycles. The molecular formula is C7H7Cl3N2. The molecule has 1 heterocycles. The van der Waals surface area contributed by atoms with E-state index in [4.69, 9.17) is 34.8 Å². The molecule has 1 rings (SSSR count). The van der Waals surface area contributed by atoms with E-state index in [0.29, 0.717) is 10.3 Å². The minimum Gasteiger partial charge on any atom is -0.210 e. The smallest absolute Gasteiger partial charge is 0.210 e. The lowest BCUT2D eigenvalue weighted by Gasteiger charge is -2.07. The first-order valence-electron chi connectivity index (χ1n) is 3.37. The van der Waals surface area contributed by atoms with Gasteiger partial charge in [-0.25, -0.2) is 9.98 Å². The third-order valence-electron chi connectivity index (χ3n) is 1.72. The molecule has 12 heavy (non-hydrogen) atoms. The number of aliphatic imine (C=N–C) groups is 2. The lowest BCUT2D eigenvalue weighted by atomic mass is 10.1. The predicted octanol–water partition coefficient (Wildman–Crippen LogP) is 3.34. The lowest BCUT2D eigenvalue weighted by Crippen LogP contribution is -2.05. The van der Waals surface area contributed by atoms with Crippen LogP contribution in [0.5, 0.6) is 0 Å². The Morgan fingerprint density at radius 3 is 2.33 bits per heavy atom. The van der Waals surface area contributed by atoms with Gasteiger partial charge in [0.1, 0.15) is 10.3 Å². The van der Waals surface area contributed by atoms with Gasteiger partial charge in [-0.15, -0.1) is 0 Å². The number of amidine groups is 1.